The average Bonchev–Trinajstić information content (AvgIpc) is 3.01. The molecule has 0 atom stereocenters. The van der Waals surface area contributed by atoms with Gasteiger partial charge < -0.3 is 10.1 Å². The third kappa shape index (κ3) is 4.41. The van der Waals surface area contributed by atoms with Crippen LogP contribution >= 0.6 is 0 Å². The highest BCUT2D eigenvalue weighted by Crippen LogP contribution is 2.22. The first-order valence-electron chi connectivity index (χ1n) is 8.06. The number of aromatic nitrogens is 2. The molecule has 1 aromatic heterocycles. The molecule has 1 aliphatic carbocycles. The molecule has 0 saturated carbocycles. The summed E-state index contributed by atoms with van der Waals surface area (Å²) in [5, 5.41) is 6.91. The summed E-state index contributed by atoms with van der Waals surface area (Å²) in [5.41, 5.74) is 1.87. The molecular weight excluding hydrogens is 351 g/mol. The Balaban J connectivity index is 1.55. The van der Waals surface area contributed by atoms with Gasteiger partial charge in [-0.1, -0.05) is 0 Å². The van der Waals surface area contributed by atoms with Crippen LogP contribution in [0, 0.1) is 0 Å². The van der Waals surface area contributed by atoms with Crippen molar-refractivity contribution in [2.24, 2.45) is 0 Å². The second kappa shape index (κ2) is 7.19. The van der Waals surface area contributed by atoms with E-state index in [9.17, 15) is 22.8 Å². The minimum atomic E-state index is -4.78. The lowest BCUT2D eigenvalue weighted by molar-refractivity contribution is -0.274. The van der Waals surface area contributed by atoms with Crippen LogP contribution in [0.3, 0.4) is 0 Å². The second-order valence-corrected chi connectivity index (χ2v) is 5.86. The molecule has 6 nitrogen and oxygen atoms in total. The standard InChI is InChI=1S/C17H16F3N3O3/c18-17(19,20)26-13-6-4-11(5-7-13)16(25)21-8-9-23-15(24)10-12-2-1-3-14(12)22-23/h4-7,10H,1-3,8-9H2,(H,21,25). The SMILES string of the molecule is O=C(NCCn1nc2c(cc1=O)CCC2)c1ccc(OC(F)(F)F)cc1. The molecule has 0 bridgehead atoms. The second-order valence-electron chi connectivity index (χ2n) is 5.86. The van der Waals surface area contributed by atoms with Crippen LogP contribution in [-0.4, -0.2) is 28.6 Å². The Bertz CT molecular complexity index is 860. The molecule has 26 heavy (non-hydrogen) atoms. The van der Waals surface area contributed by atoms with Gasteiger partial charge in [-0.3, -0.25) is 9.59 Å². The Kier molecular flexibility index (Phi) is 4.97. The van der Waals surface area contributed by atoms with Crippen LogP contribution in [-0.2, 0) is 19.4 Å². The van der Waals surface area contributed by atoms with Crippen molar-refractivity contribution in [2.45, 2.75) is 32.2 Å². The summed E-state index contributed by atoms with van der Waals surface area (Å²) in [6, 6.07) is 6.17. The summed E-state index contributed by atoms with van der Waals surface area (Å²) in [5.74, 6) is -0.860. The molecule has 9 heteroatoms. The maximum Gasteiger partial charge on any atom is 0.573 e. The van der Waals surface area contributed by atoms with Crippen LogP contribution in [0.5, 0.6) is 5.75 Å². The number of alkyl halides is 3. The van der Waals surface area contributed by atoms with E-state index in [0.29, 0.717) is 0 Å². The molecule has 1 N–H and O–H groups in total. The molecule has 0 unspecified atom stereocenters. The molecule has 1 aromatic carbocycles. The van der Waals surface area contributed by atoms with Gasteiger partial charge in [0.2, 0.25) is 0 Å². The summed E-state index contributed by atoms with van der Waals surface area (Å²) in [6.45, 7) is 0.387. The Morgan fingerprint density at radius 2 is 1.96 bits per heavy atom. The highest BCUT2D eigenvalue weighted by atomic mass is 19.4. The van der Waals surface area contributed by atoms with Crippen LogP contribution < -0.4 is 15.6 Å². The number of halogens is 3. The van der Waals surface area contributed by atoms with E-state index < -0.39 is 18.0 Å². The zero-order chi connectivity index (χ0) is 18.7. The number of carbonyl (C=O) groups is 1. The summed E-state index contributed by atoms with van der Waals surface area (Å²) < 4.78 is 41.4. The first kappa shape index (κ1) is 18.0. The number of amides is 1. The molecule has 1 aliphatic rings. The Hall–Kier alpha value is -2.84. The number of aryl methyl sites for hydroxylation is 2. The first-order chi connectivity index (χ1) is 12.3. The molecule has 0 spiro atoms. The molecule has 1 amide bonds. The third-order valence-corrected chi connectivity index (χ3v) is 3.98. The number of nitrogens with zero attached hydrogens (tertiary/aromatic N) is 2. The van der Waals surface area contributed by atoms with Gasteiger partial charge in [0.25, 0.3) is 11.5 Å². The third-order valence-electron chi connectivity index (χ3n) is 3.98. The average molecular weight is 367 g/mol. The van der Waals surface area contributed by atoms with Crippen molar-refractivity contribution >= 4 is 5.91 Å². The summed E-state index contributed by atoms with van der Waals surface area (Å²) in [7, 11) is 0. The van der Waals surface area contributed by atoms with Gasteiger partial charge in [0.15, 0.2) is 0 Å². The molecule has 3 rings (SSSR count). The monoisotopic (exact) mass is 367 g/mol. The molecule has 0 fully saturated rings. The van der Waals surface area contributed by atoms with E-state index in [1.807, 2.05) is 0 Å². The summed E-state index contributed by atoms with van der Waals surface area (Å²) in [4.78, 5) is 24.0. The Morgan fingerprint density at radius 1 is 1.23 bits per heavy atom. The molecule has 0 saturated heterocycles. The van der Waals surface area contributed by atoms with E-state index in [1.54, 1.807) is 6.07 Å². The fraction of sp³-hybridized carbons (Fsp3) is 0.353. The largest absolute Gasteiger partial charge is 0.573 e. The van der Waals surface area contributed by atoms with Crippen molar-refractivity contribution in [1.29, 1.82) is 0 Å². The number of rotatable bonds is 5. The van der Waals surface area contributed by atoms with Gasteiger partial charge >= 0.3 is 6.36 Å². The molecular formula is C17H16F3N3O3. The smallest absolute Gasteiger partial charge is 0.406 e. The summed E-state index contributed by atoms with van der Waals surface area (Å²) >= 11 is 0. The van der Waals surface area contributed by atoms with Crippen molar-refractivity contribution in [3.63, 3.8) is 0 Å². The van der Waals surface area contributed by atoms with Gasteiger partial charge in [0, 0.05) is 18.2 Å². The lowest BCUT2D eigenvalue weighted by Crippen LogP contribution is -2.32. The lowest BCUT2D eigenvalue weighted by Gasteiger charge is -2.10. The lowest BCUT2D eigenvalue weighted by atomic mass is 10.2. The van der Waals surface area contributed by atoms with E-state index in [4.69, 9.17) is 0 Å². The predicted molar refractivity (Wildman–Crippen MR) is 86.0 cm³/mol. The van der Waals surface area contributed by atoms with Crippen LogP contribution in [0.15, 0.2) is 35.1 Å². The number of nitrogens with one attached hydrogen (secondary N) is 1. The maximum absolute atomic E-state index is 12.1. The molecule has 0 radical (unpaired) electrons. The van der Waals surface area contributed by atoms with Crippen molar-refractivity contribution in [1.82, 2.24) is 15.1 Å². The van der Waals surface area contributed by atoms with Crippen LogP contribution in [0.4, 0.5) is 13.2 Å². The minimum Gasteiger partial charge on any atom is -0.406 e. The number of hydrogen-bond acceptors (Lipinski definition) is 4. The quantitative estimate of drug-likeness (QED) is 0.878. The van der Waals surface area contributed by atoms with Crippen molar-refractivity contribution in [3.05, 3.63) is 57.5 Å². The van der Waals surface area contributed by atoms with E-state index in [0.717, 1.165) is 42.7 Å². The zero-order valence-corrected chi connectivity index (χ0v) is 13.7. The fourth-order valence-corrected chi connectivity index (χ4v) is 2.78. The predicted octanol–water partition coefficient (Wildman–Crippen LogP) is 2.06. The van der Waals surface area contributed by atoms with E-state index >= 15 is 0 Å². The fourth-order valence-electron chi connectivity index (χ4n) is 2.78. The van der Waals surface area contributed by atoms with Crippen LogP contribution in [0.2, 0.25) is 0 Å². The topological polar surface area (TPSA) is 73.2 Å². The highest BCUT2D eigenvalue weighted by Gasteiger charge is 2.31. The minimum absolute atomic E-state index is 0.172. The van der Waals surface area contributed by atoms with Gasteiger partial charge in [-0.15, -0.1) is 13.2 Å². The normalized spacial score (nSPS) is 13.3. The molecule has 0 aliphatic heterocycles. The van der Waals surface area contributed by atoms with Crippen molar-refractivity contribution in [3.8, 4) is 5.75 Å². The number of ether oxygens (including phenoxy) is 1. The van der Waals surface area contributed by atoms with Gasteiger partial charge in [0.05, 0.1) is 12.2 Å². The Labute approximate surface area is 146 Å². The van der Waals surface area contributed by atoms with Gasteiger partial charge in [-0.2, -0.15) is 5.10 Å². The van der Waals surface area contributed by atoms with Gasteiger partial charge in [-0.25, -0.2) is 4.68 Å². The van der Waals surface area contributed by atoms with Crippen molar-refractivity contribution < 1.29 is 22.7 Å². The van der Waals surface area contributed by atoms with E-state index in [-0.39, 0.29) is 24.2 Å². The highest BCUT2D eigenvalue weighted by molar-refractivity contribution is 5.94. The molecule has 138 valence electrons. The van der Waals surface area contributed by atoms with E-state index in [2.05, 4.69) is 15.2 Å². The number of benzene rings is 1. The zero-order valence-electron chi connectivity index (χ0n) is 13.7. The van der Waals surface area contributed by atoms with Gasteiger partial charge in [-0.05, 0) is 49.1 Å². The number of fused-ring (bicyclic) bond motifs is 1. The van der Waals surface area contributed by atoms with Crippen molar-refractivity contribution in [2.75, 3.05) is 6.54 Å². The summed E-state index contributed by atoms with van der Waals surface area (Å²) in [6.07, 6.45) is -2.09. The van der Waals surface area contributed by atoms with Gasteiger partial charge in [0.1, 0.15) is 5.75 Å². The Morgan fingerprint density at radius 3 is 2.65 bits per heavy atom. The van der Waals surface area contributed by atoms with E-state index in [1.165, 1.54) is 16.8 Å². The molecule has 2 aromatic rings. The van der Waals surface area contributed by atoms with Crippen LogP contribution in [0.25, 0.3) is 0 Å². The molecule has 1 heterocycles. The number of carbonyl (C=O) groups excluding carboxylic acids is 1. The maximum atomic E-state index is 12.1. The number of hydrogen-bond donors (Lipinski definition) is 1. The first-order valence-corrected chi connectivity index (χ1v) is 8.06. The van der Waals surface area contributed by atoms with Crippen LogP contribution in [0.1, 0.15) is 28.0 Å².